The number of nitrogens with zero attached hydrogens (tertiary/aromatic N) is 1. The summed E-state index contributed by atoms with van der Waals surface area (Å²) in [5.41, 5.74) is 6.84. The molecule has 0 bridgehead atoms. The van der Waals surface area contributed by atoms with Crippen LogP contribution in [0.15, 0.2) is 48.5 Å². The van der Waals surface area contributed by atoms with Gasteiger partial charge in [-0.1, -0.05) is 23.7 Å². The molecule has 4 nitrogen and oxygen atoms in total. The molecule has 1 amide bonds. The SMILES string of the molecule is CN(CCOc1ccccc1Cl)C(=O)c1ccc(N)cc1. The molecule has 0 aliphatic rings. The van der Waals surface area contributed by atoms with Gasteiger partial charge in [0.25, 0.3) is 5.91 Å². The van der Waals surface area contributed by atoms with Gasteiger partial charge in [0.15, 0.2) is 0 Å². The summed E-state index contributed by atoms with van der Waals surface area (Å²) in [6.07, 6.45) is 0. The van der Waals surface area contributed by atoms with Gasteiger partial charge in [-0.05, 0) is 36.4 Å². The third-order valence-corrected chi connectivity index (χ3v) is 3.34. The number of carbonyl (C=O) groups is 1. The normalized spacial score (nSPS) is 10.2. The van der Waals surface area contributed by atoms with Gasteiger partial charge in [-0.2, -0.15) is 0 Å². The molecule has 0 heterocycles. The van der Waals surface area contributed by atoms with E-state index >= 15 is 0 Å². The molecule has 0 saturated heterocycles. The zero-order valence-electron chi connectivity index (χ0n) is 11.8. The third kappa shape index (κ3) is 4.13. The van der Waals surface area contributed by atoms with Crippen LogP contribution in [0.4, 0.5) is 5.69 Å². The monoisotopic (exact) mass is 304 g/mol. The Balaban J connectivity index is 1.87. The van der Waals surface area contributed by atoms with Crippen LogP contribution in [0, 0.1) is 0 Å². The number of likely N-dealkylation sites (N-methyl/N-ethyl adjacent to an activating group) is 1. The molecule has 0 saturated carbocycles. The average molecular weight is 305 g/mol. The lowest BCUT2D eigenvalue weighted by Gasteiger charge is -2.18. The van der Waals surface area contributed by atoms with Crippen molar-refractivity contribution in [3.63, 3.8) is 0 Å². The van der Waals surface area contributed by atoms with E-state index in [4.69, 9.17) is 22.1 Å². The summed E-state index contributed by atoms with van der Waals surface area (Å²) >= 11 is 6.00. The lowest BCUT2D eigenvalue weighted by molar-refractivity contribution is 0.0774. The second kappa shape index (κ2) is 6.99. The second-order valence-electron chi connectivity index (χ2n) is 4.63. The largest absolute Gasteiger partial charge is 0.490 e. The number of anilines is 1. The van der Waals surface area contributed by atoms with E-state index in [1.807, 2.05) is 12.1 Å². The number of benzene rings is 2. The Morgan fingerprint density at radius 2 is 1.86 bits per heavy atom. The molecule has 2 N–H and O–H groups in total. The van der Waals surface area contributed by atoms with Gasteiger partial charge in [0.2, 0.25) is 0 Å². The Hall–Kier alpha value is -2.20. The first-order valence-corrected chi connectivity index (χ1v) is 6.94. The number of hydrogen-bond acceptors (Lipinski definition) is 3. The van der Waals surface area contributed by atoms with Crippen molar-refractivity contribution in [2.45, 2.75) is 0 Å². The van der Waals surface area contributed by atoms with E-state index in [1.54, 1.807) is 48.3 Å². The predicted octanol–water partition coefficient (Wildman–Crippen LogP) is 3.07. The van der Waals surface area contributed by atoms with Crippen LogP contribution in [0.1, 0.15) is 10.4 Å². The Morgan fingerprint density at radius 3 is 2.52 bits per heavy atom. The van der Waals surface area contributed by atoms with Gasteiger partial charge in [-0.3, -0.25) is 4.79 Å². The van der Waals surface area contributed by atoms with Crippen molar-refractivity contribution in [2.75, 3.05) is 25.9 Å². The minimum absolute atomic E-state index is 0.0715. The van der Waals surface area contributed by atoms with Crippen molar-refractivity contribution in [1.29, 1.82) is 0 Å². The zero-order chi connectivity index (χ0) is 15.2. The average Bonchev–Trinajstić information content (AvgIpc) is 2.49. The van der Waals surface area contributed by atoms with E-state index in [-0.39, 0.29) is 5.91 Å². The smallest absolute Gasteiger partial charge is 0.253 e. The molecule has 0 aliphatic carbocycles. The minimum Gasteiger partial charge on any atom is -0.490 e. The summed E-state index contributed by atoms with van der Waals surface area (Å²) in [6.45, 7) is 0.843. The molecule has 2 rings (SSSR count). The van der Waals surface area contributed by atoms with Gasteiger partial charge in [0, 0.05) is 18.3 Å². The van der Waals surface area contributed by atoms with E-state index in [9.17, 15) is 4.79 Å². The van der Waals surface area contributed by atoms with E-state index < -0.39 is 0 Å². The zero-order valence-corrected chi connectivity index (χ0v) is 12.5. The molecule has 0 fully saturated rings. The van der Waals surface area contributed by atoms with Gasteiger partial charge in [0.1, 0.15) is 12.4 Å². The van der Waals surface area contributed by atoms with Crippen molar-refractivity contribution in [2.24, 2.45) is 0 Å². The number of rotatable bonds is 5. The number of hydrogen-bond donors (Lipinski definition) is 1. The maximum absolute atomic E-state index is 12.2. The van der Waals surface area contributed by atoms with E-state index in [1.165, 1.54) is 0 Å². The van der Waals surface area contributed by atoms with Crippen LogP contribution in [0.3, 0.4) is 0 Å². The lowest BCUT2D eigenvalue weighted by Crippen LogP contribution is -2.30. The highest BCUT2D eigenvalue weighted by molar-refractivity contribution is 6.32. The number of nitrogens with two attached hydrogens (primary N) is 1. The second-order valence-corrected chi connectivity index (χ2v) is 5.03. The number of nitrogen functional groups attached to an aromatic ring is 1. The maximum atomic E-state index is 12.2. The molecule has 2 aromatic carbocycles. The van der Waals surface area contributed by atoms with Crippen LogP contribution < -0.4 is 10.5 Å². The molecule has 110 valence electrons. The van der Waals surface area contributed by atoms with E-state index in [0.717, 1.165) is 0 Å². The number of halogens is 1. The van der Waals surface area contributed by atoms with Crippen molar-refractivity contribution in [3.8, 4) is 5.75 Å². The Bertz CT molecular complexity index is 614. The number of para-hydroxylation sites is 1. The summed E-state index contributed by atoms with van der Waals surface area (Å²) in [5.74, 6) is 0.547. The summed E-state index contributed by atoms with van der Waals surface area (Å²) in [5, 5.41) is 0.560. The van der Waals surface area contributed by atoms with Crippen molar-refractivity contribution < 1.29 is 9.53 Å². The summed E-state index contributed by atoms with van der Waals surface area (Å²) in [7, 11) is 1.73. The van der Waals surface area contributed by atoms with Crippen molar-refractivity contribution >= 4 is 23.2 Å². The number of ether oxygens (including phenoxy) is 1. The number of carbonyl (C=O) groups excluding carboxylic acids is 1. The fourth-order valence-electron chi connectivity index (χ4n) is 1.80. The van der Waals surface area contributed by atoms with Crippen molar-refractivity contribution in [3.05, 3.63) is 59.1 Å². The fraction of sp³-hybridized carbons (Fsp3) is 0.188. The van der Waals surface area contributed by atoms with E-state index in [0.29, 0.717) is 35.2 Å². The highest BCUT2D eigenvalue weighted by atomic mass is 35.5. The molecule has 0 unspecified atom stereocenters. The first-order valence-electron chi connectivity index (χ1n) is 6.56. The maximum Gasteiger partial charge on any atom is 0.253 e. The molecule has 0 aromatic heterocycles. The Morgan fingerprint density at radius 1 is 1.19 bits per heavy atom. The quantitative estimate of drug-likeness (QED) is 0.864. The first kappa shape index (κ1) is 15.2. The molecule has 0 radical (unpaired) electrons. The molecule has 0 atom stereocenters. The Labute approximate surface area is 129 Å². The molecular weight excluding hydrogens is 288 g/mol. The topological polar surface area (TPSA) is 55.6 Å². The van der Waals surface area contributed by atoms with Gasteiger partial charge < -0.3 is 15.4 Å². The fourth-order valence-corrected chi connectivity index (χ4v) is 1.99. The van der Waals surface area contributed by atoms with Crippen LogP contribution in [-0.4, -0.2) is 31.0 Å². The molecule has 0 spiro atoms. The predicted molar refractivity (Wildman–Crippen MR) is 84.8 cm³/mol. The highest BCUT2D eigenvalue weighted by Crippen LogP contribution is 2.22. The summed E-state index contributed by atoms with van der Waals surface area (Å²) in [6, 6.07) is 14.1. The van der Waals surface area contributed by atoms with Crippen LogP contribution in [0.2, 0.25) is 5.02 Å². The Kier molecular flexibility index (Phi) is 5.06. The van der Waals surface area contributed by atoms with Gasteiger partial charge in [0.05, 0.1) is 11.6 Å². The van der Waals surface area contributed by atoms with Crippen molar-refractivity contribution in [1.82, 2.24) is 4.90 Å². The van der Waals surface area contributed by atoms with Crippen LogP contribution in [0.25, 0.3) is 0 Å². The molecule has 5 heteroatoms. The van der Waals surface area contributed by atoms with Gasteiger partial charge >= 0.3 is 0 Å². The lowest BCUT2D eigenvalue weighted by atomic mass is 10.2. The molecule has 0 aliphatic heterocycles. The first-order chi connectivity index (χ1) is 10.1. The van der Waals surface area contributed by atoms with Crippen LogP contribution >= 0.6 is 11.6 Å². The van der Waals surface area contributed by atoms with Gasteiger partial charge in [-0.15, -0.1) is 0 Å². The van der Waals surface area contributed by atoms with E-state index in [2.05, 4.69) is 0 Å². The minimum atomic E-state index is -0.0715. The van der Waals surface area contributed by atoms with Gasteiger partial charge in [-0.25, -0.2) is 0 Å². The summed E-state index contributed by atoms with van der Waals surface area (Å²) < 4.78 is 5.57. The summed E-state index contributed by atoms with van der Waals surface area (Å²) in [4.78, 5) is 13.8. The standard InChI is InChI=1S/C16H17ClN2O2/c1-19(16(20)12-6-8-13(18)9-7-12)10-11-21-15-5-3-2-4-14(15)17/h2-9H,10-11,18H2,1H3. The van der Waals surface area contributed by atoms with Crippen LogP contribution in [0.5, 0.6) is 5.75 Å². The molecule has 21 heavy (non-hydrogen) atoms. The number of amides is 1. The molecule has 2 aromatic rings. The van der Waals surface area contributed by atoms with Crippen LogP contribution in [-0.2, 0) is 0 Å². The third-order valence-electron chi connectivity index (χ3n) is 3.03. The highest BCUT2D eigenvalue weighted by Gasteiger charge is 2.11. The molecular formula is C16H17ClN2O2.